The predicted molar refractivity (Wildman–Crippen MR) is 86.4 cm³/mol. The second-order valence-corrected chi connectivity index (χ2v) is 5.27. The molecule has 0 unspecified atom stereocenters. The Morgan fingerprint density at radius 1 is 1.38 bits per heavy atom. The lowest BCUT2D eigenvalue weighted by Gasteiger charge is -2.09. The number of methoxy groups -OCH3 is 1. The predicted octanol–water partition coefficient (Wildman–Crippen LogP) is 0.754. The van der Waals surface area contributed by atoms with Gasteiger partial charge < -0.3 is 19.0 Å². The fourth-order valence-corrected chi connectivity index (χ4v) is 2.44. The minimum atomic E-state index is -0.545. The Labute approximate surface area is 137 Å². The van der Waals surface area contributed by atoms with Crippen molar-refractivity contribution in [3.63, 3.8) is 0 Å². The van der Waals surface area contributed by atoms with E-state index in [1.807, 2.05) is 4.57 Å². The Hall–Kier alpha value is -2.87. The van der Waals surface area contributed by atoms with E-state index in [0.717, 1.165) is 5.69 Å². The number of ether oxygens (including phenoxy) is 1. The Bertz CT molecular complexity index is 893. The lowest BCUT2D eigenvalue weighted by atomic mass is 10.3. The molecular weight excluding hydrogens is 312 g/mol. The first-order valence-electron chi connectivity index (χ1n) is 7.52. The van der Waals surface area contributed by atoms with E-state index in [2.05, 4.69) is 10.3 Å². The Kier molecular flexibility index (Phi) is 4.76. The van der Waals surface area contributed by atoms with Gasteiger partial charge in [-0.25, -0.2) is 9.78 Å². The molecule has 0 spiro atoms. The zero-order chi connectivity index (χ0) is 16.9. The maximum absolute atomic E-state index is 12.2. The number of amides is 1. The average molecular weight is 330 g/mol. The van der Waals surface area contributed by atoms with Crippen LogP contribution in [0.1, 0.15) is 5.69 Å². The molecule has 0 aliphatic carbocycles. The Balaban J connectivity index is 1.65. The van der Waals surface area contributed by atoms with Gasteiger partial charge >= 0.3 is 5.76 Å². The molecule has 2 aromatic heterocycles. The summed E-state index contributed by atoms with van der Waals surface area (Å²) in [4.78, 5) is 28.1. The summed E-state index contributed by atoms with van der Waals surface area (Å²) in [7, 11) is 1.63. The molecule has 8 heteroatoms. The van der Waals surface area contributed by atoms with E-state index in [-0.39, 0.29) is 12.5 Å². The van der Waals surface area contributed by atoms with Gasteiger partial charge in [0.2, 0.25) is 5.91 Å². The van der Waals surface area contributed by atoms with Gasteiger partial charge in [-0.2, -0.15) is 0 Å². The maximum Gasteiger partial charge on any atom is 0.420 e. The summed E-state index contributed by atoms with van der Waals surface area (Å²) in [6, 6.07) is 7.00. The lowest BCUT2D eigenvalue weighted by Crippen LogP contribution is -2.31. The highest BCUT2D eigenvalue weighted by atomic mass is 16.5. The Morgan fingerprint density at radius 3 is 3.04 bits per heavy atom. The molecule has 0 aliphatic heterocycles. The number of nitrogens with one attached hydrogen (secondary N) is 1. The third kappa shape index (κ3) is 3.38. The SMILES string of the molecule is COCCn1cncc1CNC(=O)Cn1c(=O)oc2ccccc21. The first kappa shape index (κ1) is 16.0. The van der Waals surface area contributed by atoms with Crippen LogP contribution in [0, 0.1) is 0 Å². The van der Waals surface area contributed by atoms with Crippen molar-refractivity contribution in [2.75, 3.05) is 13.7 Å². The van der Waals surface area contributed by atoms with Crippen molar-refractivity contribution in [2.45, 2.75) is 19.6 Å². The van der Waals surface area contributed by atoms with Crippen LogP contribution in [0.15, 0.2) is 46.0 Å². The van der Waals surface area contributed by atoms with Gasteiger partial charge in [-0.15, -0.1) is 0 Å². The maximum atomic E-state index is 12.2. The van der Waals surface area contributed by atoms with Crippen LogP contribution in [0.25, 0.3) is 11.1 Å². The number of oxazole rings is 1. The van der Waals surface area contributed by atoms with Gasteiger partial charge in [-0.1, -0.05) is 12.1 Å². The van der Waals surface area contributed by atoms with Crippen molar-refractivity contribution >= 4 is 17.0 Å². The smallest absolute Gasteiger partial charge is 0.408 e. The number of imidazole rings is 1. The summed E-state index contributed by atoms with van der Waals surface area (Å²) in [6.07, 6.45) is 3.38. The molecule has 0 saturated carbocycles. The highest BCUT2D eigenvalue weighted by molar-refractivity contribution is 5.79. The van der Waals surface area contributed by atoms with Gasteiger partial charge in [-0.3, -0.25) is 9.36 Å². The summed E-state index contributed by atoms with van der Waals surface area (Å²) in [6.45, 7) is 1.45. The largest absolute Gasteiger partial charge is 0.420 e. The molecule has 24 heavy (non-hydrogen) atoms. The number of nitrogens with zero attached hydrogens (tertiary/aromatic N) is 3. The molecule has 3 aromatic rings. The van der Waals surface area contributed by atoms with Crippen molar-refractivity contribution in [2.24, 2.45) is 0 Å². The van der Waals surface area contributed by atoms with Crippen LogP contribution in [-0.4, -0.2) is 33.7 Å². The normalized spacial score (nSPS) is 11.0. The topological polar surface area (TPSA) is 91.3 Å². The number of hydrogen-bond acceptors (Lipinski definition) is 5. The molecule has 126 valence electrons. The van der Waals surface area contributed by atoms with Gasteiger partial charge in [0.15, 0.2) is 5.58 Å². The number of fused-ring (bicyclic) bond motifs is 1. The summed E-state index contributed by atoms with van der Waals surface area (Å²) in [5.41, 5.74) is 1.93. The molecule has 1 aromatic carbocycles. The van der Waals surface area contributed by atoms with Crippen LogP contribution in [0.5, 0.6) is 0 Å². The van der Waals surface area contributed by atoms with E-state index < -0.39 is 5.76 Å². The molecule has 0 aliphatic rings. The highest BCUT2D eigenvalue weighted by Crippen LogP contribution is 2.11. The summed E-state index contributed by atoms with van der Waals surface area (Å²) >= 11 is 0. The van der Waals surface area contributed by atoms with Crippen LogP contribution in [0.3, 0.4) is 0 Å². The van der Waals surface area contributed by atoms with E-state index in [1.165, 1.54) is 4.57 Å². The molecule has 0 saturated heterocycles. The first-order chi connectivity index (χ1) is 11.7. The number of carbonyl (C=O) groups excluding carboxylic acids is 1. The molecule has 2 heterocycles. The number of aromatic nitrogens is 3. The van der Waals surface area contributed by atoms with Gasteiger partial charge in [0.25, 0.3) is 0 Å². The molecule has 1 amide bonds. The molecule has 0 fully saturated rings. The average Bonchev–Trinajstić information content (AvgIpc) is 3.15. The molecule has 1 N–H and O–H groups in total. The summed E-state index contributed by atoms with van der Waals surface area (Å²) in [5, 5.41) is 2.79. The molecule has 3 rings (SSSR count). The second kappa shape index (κ2) is 7.14. The van der Waals surface area contributed by atoms with Gasteiger partial charge in [-0.05, 0) is 12.1 Å². The van der Waals surface area contributed by atoms with Crippen molar-refractivity contribution in [3.05, 3.63) is 53.0 Å². The third-order valence-electron chi connectivity index (χ3n) is 3.68. The van der Waals surface area contributed by atoms with Crippen molar-refractivity contribution in [1.82, 2.24) is 19.4 Å². The fourth-order valence-electron chi connectivity index (χ4n) is 2.44. The summed E-state index contributed by atoms with van der Waals surface area (Å²) in [5.74, 6) is -0.820. The van der Waals surface area contributed by atoms with E-state index in [9.17, 15) is 9.59 Å². The van der Waals surface area contributed by atoms with E-state index in [4.69, 9.17) is 9.15 Å². The molecule has 0 atom stereocenters. The van der Waals surface area contributed by atoms with Crippen molar-refractivity contribution in [3.8, 4) is 0 Å². The zero-order valence-corrected chi connectivity index (χ0v) is 13.3. The fraction of sp³-hybridized carbons (Fsp3) is 0.312. The van der Waals surface area contributed by atoms with E-state index in [1.54, 1.807) is 43.9 Å². The van der Waals surface area contributed by atoms with Crippen LogP contribution in [0.2, 0.25) is 0 Å². The lowest BCUT2D eigenvalue weighted by molar-refractivity contribution is -0.121. The summed E-state index contributed by atoms with van der Waals surface area (Å²) < 4.78 is 13.4. The van der Waals surface area contributed by atoms with Crippen molar-refractivity contribution in [1.29, 1.82) is 0 Å². The number of hydrogen-bond donors (Lipinski definition) is 1. The van der Waals surface area contributed by atoms with Crippen LogP contribution >= 0.6 is 0 Å². The minimum Gasteiger partial charge on any atom is -0.408 e. The number of benzene rings is 1. The molecule has 0 bridgehead atoms. The highest BCUT2D eigenvalue weighted by Gasteiger charge is 2.12. The standard InChI is InChI=1S/C16H18N4O4/c1-23-7-6-19-11-17-8-12(19)9-18-15(21)10-20-13-4-2-3-5-14(13)24-16(20)22/h2-5,8,11H,6-7,9-10H2,1H3,(H,18,21). The van der Waals surface area contributed by atoms with E-state index >= 15 is 0 Å². The number of rotatable bonds is 7. The molecular formula is C16H18N4O4. The van der Waals surface area contributed by atoms with Crippen LogP contribution < -0.4 is 11.1 Å². The monoisotopic (exact) mass is 330 g/mol. The van der Waals surface area contributed by atoms with Gasteiger partial charge in [0.05, 0.1) is 30.7 Å². The van der Waals surface area contributed by atoms with E-state index in [0.29, 0.717) is 30.8 Å². The third-order valence-corrected chi connectivity index (χ3v) is 3.68. The molecule has 8 nitrogen and oxygen atoms in total. The Morgan fingerprint density at radius 2 is 2.21 bits per heavy atom. The second-order valence-electron chi connectivity index (χ2n) is 5.27. The first-order valence-corrected chi connectivity index (χ1v) is 7.52. The number of para-hydroxylation sites is 2. The van der Waals surface area contributed by atoms with Gasteiger partial charge in [0.1, 0.15) is 6.54 Å². The minimum absolute atomic E-state index is 0.0952. The number of carbonyl (C=O) groups is 1. The van der Waals surface area contributed by atoms with Crippen molar-refractivity contribution < 1.29 is 13.9 Å². The zero-order valence-electron chi connectivity index (χ0n) is 13.3. The van der Waals surface area contributed by atoms with Crippen LogP contribution in [0.4, 0.5) is 0 Å². The van der Waals surface area contributed by atoms with Gasteiger partial charge in [0, 0.05) is 19.9 Å². The van der Waals surface area contributed by atoms with Crippen LogP contribution in [-0.2, 0) is 29.2 Å². The quantitative estimate of drug-likeness (QED) is 0.690. The molecule has 0 radical (unpaired) electrons.